The Morgan fingerprint density at radius 2 is 1.91 bits per heavy atom. The molecule has 2 aliphatic rings. The number of hydrogen-bond acceptors (Lipinski definition) is 3. The second-order valence-electron chi connectivity index (χ2n) is 6.68. The van der Waals surface area contributed by atoms with Gasteiger partial charge in [0.2, 0.25) is 11.8 Å². The summed E-state index contributed by atoms with van der Waals surface area (Å²) in [6.45, 7) is 4.80. The first-order chi connectivity index (χ1) is 11.1. The Bertz CT molecular complexity index is 565. The summed E-state index contributed by atoms with van der Waals surface area (Å²) in [5, 5.41) is 6.30. The van der Waals surface area contributed by atoms with Crippen molar-refractivity contribution in [3.63, 3.8) is 0 Å². The summed E-state index contributed by atoms with van der Waals surface area (Å²) in [7, 11) is 0. The van der Waals surface area contributed by atoms with Crippen LogP contribution in [0.1, 0.15) is 25.3 Å². The average molecular weight is 315 g/mol. The molecule has 2 saturated heterocycles. The van der Waals surface area contributed by atoms with Crippen LogP contribution in [0.5, 0.6) is 0 Å². The molecule has 1 unspecified atom stereocenters. The molecule has 0 aromatic heterocycles. The van der Waals surface area contributed by atoms with Crippen molar-refractivity contribution < 1.29 is 9.59 Å². The summed E-state index contributed by atoms with van der Waals surface area (Å²) in [5.74, 6) is 0.257. The van der Waals surface area contributed by atoms with Crippen LogP contribution < -0.4 is 10.6 Å². The van der Waals surface area contributed by atoms with Crippen LogP contribution in [0.4, 0.5) is 0 Å². The molecule has 2 amide bonds. The number of nitrogens with zero attached hydrogens (tertiary/aromatic N) is 1. The smallest absolute Gasteiger partial charge is 0.240 e. The van der Waals surface area contributed by atoms with Gasteiger partial charge in [-0.05, 0) is 24.8 Å². The van der Waals surface area contributed by atoms with Crippen LogP contribution in [0.15, 0.2) is 30.3 Å². The third kappa shape index (κ3) is 3.39. The van der Waals surface area contributed by atoms with E-state index in [1.54, 1.807) is 0 Å². The molecule has 2 fully saturated rings. The number of amides is 2. The number of benzene rings is 1. The predicted octanol–water partition coefficient (Wildman–Crippen LogP) is 0.946. The van der Waals surface area contributed by atoms with Crippen LogP contribution in [0.2, 0.25) is 0 Å². The van der Waals surface area contributed by atoms with Crippen molar-refractivity contribution in [2.75, 3.05) is 26.2 Å². The van der Waals surface area contributed by atoms with Crippen LogP contribution in [0.25, 0.3) is 0 Å². The number of nitrogens with one attached hydrogen (secondary N) is 2. The molecule has 0 saturated carbocycles. The summed E-state index contributed by atoms with van der Waals surface area (Å²) >= 11 is 0. The molecule has 1 spiro atoms. The third-order valence-corrected chi connectivity index (χ3v) is 5.04. The fourth-order valence-corrected chi connectivity index (χ4v) is 3.61. The Balaban J connectivity index is 1.56. The normalized spacial score (nSPS) is 21.8. The Labute approximate surface area is 137 Å². The minimum absolute atomic E-state index is 0.0282. The van der Waals surface area contributed by atoms with Gasteiger partial charge in [0, 0.05) is 32.1 Å². The first-order valence-corrected chi connectivity index (χ1v) is 8.47. The Hall–Kier alpha value is -1.88. The van der Waals surface area contributed by atoms with Crippen LogP contribution >= 0.6 is 0 Å². The second-order valence-corrected chi connectivity index (χ2v) is 6.68. The molecule has 5 nitrogen and oxygen atoms in total. The van der Waals surface area contributed by atoms with E-state index in [1.165, 1.54) is 5.56 Å². The van der Waals surface area contributed by atoms with Gasteiger partial charge in [0.25, 0.3) is 0 Å². The van der Waals surface area contributed by atoms with Gasteiger partial charge in [-0.3, -0.25) is 9.59 Å². The topological polar surface area (TPSA) is 61.4 Å². The van der Waals surface area contributed by atoms with E-state index < -0.39 is 5.54 Å². The summed E-state index contributed by atoms with van der Waals surface area (Å²) in [6.07, 6.45) is 2.16. The zero-order chi connectivity index (χ0) is 16.3. The predicted molar refractivity (Wildman–Crippen MR) is 88.9 cm³/mol. The minimum Gasteiger partial charge on any atom is -0.353 e. The van der Waals surface area contributed by atoms with Gasteiger partial charge in [-0.15, -0.1) is 0 Å². The van der Waals surface area contributed by atoms with Crippen molar-refractivity contribution in [3.05, 3.63) is 35.9 Å². The van der Waals surface area contributed by atoms with Crippen molar-refractivity contribution in [3.8, 4) is 0 Å². The molecule has 2 aliphatic heterocycles. The van der Waals surface area contributed by atoms with Crippen LogP contribution in [0, 0.1) is 5.92 Å². The lowest BCUT2D eigenvalue weighted by atomic mass is 9.84. The standard InChI is InChI=1S/C18H25N3O2/c1-14(13-15-5-3-2-4-6-15)16(22)21-11-7-18(8-12-21)17(23)19-9-10-20-18/h2-6,14,20H,7-13H2,1H3,(H,19,23). The number of hydrogen-bond donors (Lipinski definition) is 2. The second kappa shape index (κ2) is 6.71. The number of carbonyl (C=O) groups is 2. The molecule has 124 valence electrons. The summed E-state index contributed by atoms with van der Waals surface area (Å²) < 4.78 is 0. The zero-order valence-electron chi connectivity index (χ0n) is 13.7. The molecule has 2 N–H and O–H groups in total. The van der Waals surface area contributed by atoms with E-state index in [0.717, 1.165) is 13.0 Å². The van der Waals surface area contributed by atoms with E-state index >= 15 is 0 Å². The highest BCUT2D eigenvalue weighted by Gasteiger charge is 2.43. The maximum absolute atomic E-state index is 12.7. The van der Waals surface area contributed by atoms with E-state index in [1.807, 2.05) is 30.0 Å². The first-order valence-electron chi connectivity index (χ1n) is 8.47. The van der Waals surface area contributed by atoms with Crippen molar-refractivity contribution in [2.45, 2.75) is 31.7 Å². The Morgan fingerprint density at radius 1 is 1.22 bits per heavy atom. The quantitative estimate of drug-likeness (QED) is 0.873. The van der Waals surface area contributed by atoms with E-state index in [9.17, 15) is 9.59 Å². The highest BCUT2D eigenvalue weighted by molar-refractivity contribution is 5.87. The molecule has 5 heteroatoms. The molecule has 1 atom stereocenters. The lowest BCUT2D eigenvalue weighted by molar-refractivity contribution is -0.141. The van der Waals surface area contributed by atoms with Crippen LogP contribution in [-0.2, 0) is 16.0 Å². The highest BCUT2D eigenvalue weighted by Crippen LogP contribution is 2.25. The Morgan fingerprint density at radius 3 is 2.57 bits per heavy atom. The summed E-state index contributed by atoms with van der Waals surface area (Å²) in [5.41, 5.74) is 0.729. The Kier molecular flexibility index (Phi) is 4.66. The van der Waals surface area contributed by atoms with Crippen molar-refractivity contribution in [2.24, 2.45) is 5.92 Å². The highest BCUT2D eigenvalue weighted by atomic mass is 16.2. The molecule has 0 bridgehead atoms. The van der Waals surface area contributed by atoms with Gasteiger partial charge in [-0.2, -0.15) is 0 Å². The molecule has 1 aromatic rings. The number of carbonyl (C=O) groups excluding carboxylic acids is 2. The van der Waals surface area contributed by atoms with Crippen molar-refractivity contribution >= 4 is 11.8 Å². The van der Waals surface area contributed by atoms with E-state index in [4.69, 9.17) is 0 Å². The van der Waals surface area contributed by atoms with Crippen LogP contribution in [-0.4, -0.2) is 48.4 Å². The molecule has 2 heterocycles. The summed E-state index contributed by atoms with van der Waals surface area (Å²) in [6, 6.07) is 10.1. The van der Waals surface area contributed by atoms with Gasteiger partial charge >= 0.3 is 0 Å². The fourth-order valence-electron chi connectivity index (χ4n) is 3.61. The van der Waals surface area contributed by atoms with E-state index in [0.29, 0.717) is 32.5 Å². The van der Waals surface area contributed by atoms with Gasteiger partial charge in [0.15, 0.2) is 0 Å². The first kappa shape index (κ1) is 16.0. The van der Waals surface area contributed by atoms with E-state index in [-0.39, 0.29) is 17.7 Å². The minimum atomic E-state index is -0.461. The molecule has 1 aromatic carbocycles. The van der Waals surface area contributed by atoms with Crippen LogP contribution in [0.3, 0.4) is 0 Å². The van der Waals surface area contributed by atoms with E-state index in [2.05, 4.69) is 22.8 Å². The molecule has 23 heavy (non-hydrogen) atoms. The molecule has 3 rings (SSSR count). The lowest BCUT2D eigenvalue weighted by Gasteiger charge is -2.44. The van der Waals surface area contributed by atoms with Crippen molar-refractivity contribution in [1.82, 2.24) is 15.5 Å². The number of piperidine rings is 1. The molecular weight excluding hydrogens is 290 g/mol. The van der Waals surface area contributed by atoms with Gasteiger partial charge in [0.1, 0.15) is 5.54 Å². The number of likely N-dealkylation sites (tertiary alicyclic amines) is 1. The monoisotopic (exact) mass is 315 g/mol. The van der Waals surface area contributed by atoms with Gasteiger partial charge < -0.3 is 15.5 Å². The van der Waals surface area contributed by atoms with Gasteiger partial charge in [-0.1, -0.05) is 37.3 Å². The van der Waals surface area contributed by atoms with Gasteiger partial charge in [-0.25, -0.2) is 0 Å². The third-order valence-electron chi connectivity index (χ3n) is 5.04. The maximum atomic E-state index is 12.7. The number of piperazine rings is 1. The largest absolute Gasteiger partial charge is 0.353 e. The fraction of sp³-hybridized carbons (Fsp3) is 0.556. The van der Waals surface area contributed by atoms with Crippen molar-refractivity contribution in [1.29, 1.82) is 0 Å². The maximum Gasteiger partial charge on any atom is 0.240 e. The zero-order valence-corrected chi connectivity index (χ0v) is 13.7. The molecule has 0 radical (unpaired) electrons. The average Bonchev–Trinajstić information content (AvgIpc) is 2.59. The summed E-state index contributed by atoms with van der Waals surface area (Å²) in [4.78, 5) is 26.7. The molecule has 0 aliphatic carbocycles. The SMILES string of the molecule is CC(Cc1ccccc1)C(=O)N1CCC2(CC1)NCCNC2=O. The lowest BCUT2D eigenvalue weighted by Crippen LogP contribution is -2.67. The van der Waals surface area contributed by atoms with Gasteiger partial charge in [0.05, 0.1) is 0 Å². The molecular formula is C18H25N3O2. The number of rotatable bonds is 3.